The van der Waals surface area contributed by atoms with E-state index in [0.29, 0.717) is 6.17 Å². The number of nitrogens with zero attached hydrogens (tertiary/aromatic N) is 4. The summed E-state index contributed by atoms with van der Waals surface area (Å²) in [6.07, 6.45) is 4.20. The highest BCUT2D eigenvalue weighted by atomic mass is 127. The third kappa shape index (κ3) is 3.36. The Morgan fingerprint density at radius 3 is 2.23 bits per heavy atom. The van der Waals surface area contributed by atoms with Crippen molar-refractivity contribution in [2.75, 3.05) is 59.4 Å². The number of piperazine rings is 2. The maximum Gasteiger partial charge on any atom is 0.214 e. The topological polar surface area (TPSA) is 6.48 Å². The van der Waals surface area contributed by atoms with Gasteiger partial charge in [-0.1, -0.05) is 30.3 Å². The second-order valence-electron chi connectivity index (χ2n) is 8.84. The number of quaternary nitrogens is 2. The molecule has 4 aliphatic rings. The van der Waals surface area contributed by atoms with E-state index >= 15 is 0 Å². The van der Waals surface area contributed by atoms with Gasteiger partial charge in [-0.2, -0.15) is 0 Å². The average molecular weight is 582 g/mol. The fourth-order valence-electron chi connectivity index (χ4n) is 6.33. The Balaban J connectivity index is 0.000000980. The summed E-state index contributed by atoms with van der Waals surface area (Å²) in [5.74, 6) is 0. The SMILES string of the molecule is C[N+]12CCCN3CC[N+]4(Cc5ccccc5)CCCN(CC1)C4C32.[I-].[I-]. The van der Waals surface area contributed by atoms with Crippen molar-refractivity contribution in [2.45, 2.75) is 31.7 Å². The molecular weight excluding hydrogens is 550 g/mol. The maximum absolute atomic E-state index is 2.87. The van der Waals surface area contributed by atoms with Crippen LogP contribution in [-0.4, -0.2) is 90.5 Å². The summed E-state index contributed by atoms with van der Waals surface area (Å²) in [6, 6.07) is 11.3. The highest BCUT2D eigenvalue weighted by Gasteiger charge is 2.62. The molecule has 4 nitrogen and oxygen atoms in total. The van der Waals surface area contributed by atoms with E-state index in [0.717, 1.165) is 6.17 Å². The molecule has 0 aliphatic carbocycles. The number of benzene rings is 1. The van der Waals surface area contributed by atoms with Crippen molar-refractivity contribution < 1.29 is 56.9 Å². The molecule has 4 saturated heterocycles. The molecule has 0 radical (unpaired) electrons. The third-order valence-electron chi connectivity index (χ3n) is 7.45. The molecule has 0 spiro atoms. The predicted molar refractivity (Wildman–Crippen MR) is 96.0 cm³/mol. The molecule has 26 heavy (non-hydrogen) atoms. The highest BCUT2D eigenvalue weighted by Crippen LogP contribution is 2.41. The average Bonchev–Trinajstić information content (AvgIpc) is 2.61. The minimum Gasteiger partial charge on any atom is -1.00 e. The molecule has 4 atom stereocenters. The molecular formula is C20H32I2N4. The largest absolute Gasteiger partial charge is 1.00 e. The summed E-state index contributed by atoms with van der Waals surface area (Å²) in [6.45, 7) is 11.9. The van der Waals surface area contributed by atoms with Gasteiger partial charge in [-0.3, -0.25) is 4.48 Å². The van der Waals surface area contributed by atoms with Gasteiger partial charge in [0.05, 0.1) is 46.3 Å². The van der Waals surface area contributed by atoms with Crippen LogP contribution in [0.5, 0.6) is 0 Å². The molecule has 1 aromatic carbocycles. The Morgan fingerprint density at radius 1 is 0.808 bits per heavy atom. The number of halogens is 2. The number of hydrogen-bond acceptors (Lipinski definition) is 2. The summed E-state index contributed by atoms with van der Waals surface area (Å²) in [5, 5.41) is 0. The smallest absolute Gasteiger partial charge is 0.214 e. The first-order valence-corrected chi connectivity index (χ1v) is 9.92. The zero-order valence-electron chi connectivity index (χ0n) is 15.9. The number of likely N-dealkylation sites (N-methyl/N-ethyl adjacent to an activating group) is 1. The van der Waals surface area contributed by atoms with Gasteiger partial charge in [0.2, 0.25) is 12.3 Å². The van der Waals surface area contributed by atoms with Gasteiger partial charge in [0.1, 0.15) is 6.54 Å². The van der Waals surface area contributed by atoms with E-state index < -0.39 is 0 Å². The lowest BCUT2D eigenvalue weighted by atomic mass is 9.94. The van der Waals surface area contributed by atoms with Gasteiger partial charge in [0.15, 0.2) is 0 Å². The normalized spacial score (nSPS) is 39.3. The van der Waals surface area contributed by atoms with Gasteiger partial charge in [0, 0.05) is 31.5 Å². The second kappa shape index (κ2) is 8.10. The van der Waals surface area contributed by atoms with Gasteiger partial charge < -0.3 is 52.4 Å². The van der Waals surface area contributed by atoms with Crippen LogP contribution in [0.25, 0.3) is 0 Å². The monoisotopic (exact) mass is 582 g/mol. The van der Waals surface area contributed by atoms with Crippen molar-refractivity contribution in [3.05, 3.63) is 35.9 Å². The van der Waals surface area contributed by atoms with Gasteiger partial charge in [-0.15, -0.1) is 0 Å². The Hall–Kier alpha value is 0.520. The predicted octanol–water partition coefficient (Wildman–Crippen LogP) is -4.45. The Morgan fingerprint density at radius 2 is 1.46 bits per heavy atom. The van der Waals surface area contributed by atoms with Crippen molar-refractivity contribution >= 4 is 0 Å². The second-order valence-corrected chi connectivity index (χ2v) is 8.84. The van der Waals surface area contributed by atoms with Crippen LogP contribution in [0.2, 0.25) is 0 Å². The summed E-state index contributed by atoms with van der Waals surface area (Å²) >= 11 is 0. The van der Waals surface area contributed by atoms with Crippen LogP contribution in [0, 0.1) is 0 Å². The summed E-state index contributed by atoms with van der Waals surface area (Å²) in [4.78, 5) is 5.72. The lowest BCUT2D eigenvalue weighted by molar-refractivity contribution is -1.05. The summed E-state index contributed by atoms with van der Waals surface area (Å²) in [5.41, 5.74) is 1.53. The molecule has 146 valence electrons. The van der Waals surface area contributed by atoms with Crippen LogP contribution >= 0.6 is 0 Å². The standard InChI is InChI=1S/C20H32N4.2HI/c1-23-13-5-9-21-12-16-24(17-18-7-3-2-4-8-18)14-6-10-22(11-15-23)20(24)19(21)23;;/h2-4,7-8,19-20H,5-6,9-17H2,1H3;2*1H/q+2;;/p-2. The highest BCUT2D eigenvalue weighted by molar-refractivity contribution is 5.13. The van der Waals surface area contributed by atoms with Crippen LogP contribution < -0.4 is 48.0 Å². The van der Waals surface area contributed by atoms with E-state index in [9.17, 15) is 0 Å². The van der Waals surface area contributed by atoms with Crippen molar-refractivity contribution in [2.24, 2.45) is 0 Å². The zero-order chi connectivity index (χ0) is 16.2. The van der Waals surface area contributed by atoms with Crippen molar-refractivity contribution in [1.29, 1.82) is 0 Å². The Kier molecular flexibility index (Phi) is 6.62. The molecule has 4 unspecified atom stereocenters. The van der Waals surface area contributed by atoms with Crippen molar-refractivity contribution in [3.8, 4) is 0 Å². The lowest BCUT2D eigenvalue weighted by Crippen LogP contribution is -3.00. The van der Waals surface area contributed by atoms with Gasteiger partial charge >= 0.3 is 0 Å². The molecule has 0 aromatic heterocycles. The van der Waals surface area contributed by atoms with E-state index in [1.54, 1.807) is 0 Å². The molecule has 0 saturated carbocycles. The molecule has 4 heterocycles. The van der Waals surface area contributed by atoms with Crippen LogP contribution in [0.15, 0.2) is 30.3 Å². The van der Waals surface area contributed by atoms with E-state index in [1.807, 2.05) is 0 Å². The molecule has 5 rings (SSSR count). The van der Waals surface area contributed by atoms with E-state index in [-0.39, 0.29) is 48.0 Å². The van der Waals surface area contributed by atoms with Crippen molar-refractivity contribution in [3.63, 3.8) is 0 Å². The number of rotatable bonds is 2. The van der Waals surface area contributed by atoms with E-state index in [4.69, 9.17) is 0 Å². The van der Waals surface area contributed by atoms with Crippen molar-refractivity contribution in [1.82, 2.24) is 9.80 Å². The molecule has 0 N–H and O–H groups in total. The van der Waals surface area contributed by atoms with Gasteiger partial charge in [0.25, 0.3) is 0 Å². The summed E-state index contributed by atoms with van der Waals surface area (Å²) in [7, 11) is 2.55. The van der Waals surface area contributed by atoms with E-state index in [2.05, 4.69) is 47.2 Å². The van der Waals surface area contributed by atoms with Crippen LogP contribution in [0.1, 0.15) is 18.4 Å². The van der Waals surface area contributed by atoms with Crippen LogP contribution in [0.4, 0.5) is 0 Å². The first-order chi connectivity index (χ1) is 11.7. The van der Waals surface area contributed by atoms with Gasteiger partial charge in [-0.05, 0) is 0 Å². The Bertz CT molecular complexity index is 615. The maximum atomic E-state index is 2.87. The molecule has 1 aromatic rings. The van der Waals surface area contributed by atoms with Gasteiger partial charge in [-0.25, -0.2) is 9.80 Å². The summed E-state index contributed by atoms with van der Waals surface area (Å²) < 4.78 is 2.62. The quantitative estimate of drug-likeness (QED) is 0.257. The first kappa shape index (κ1) is 21.2. The molecule has 0 bridgehead atoms. The lowest BCUT2D eigenvalue weighted by Gasteiger charge is -2.66. The molecule has 4 aliphatic heterocycles. The zero-order valence-corrected chi connectivity index (χ0v) is 20.2. The fraction of sp³-hybridized carbons (Fsp3) is 0.700. The molecule has 4 fully saturated rings. The molecule has 0 amide bonds. The van der Waals surface area contributed by atoms with E-state index in [1.165, 1.54) is 86.3 Å². The number of hydrogen-bond donors (Lipinski definition) is 0. The third-order valence-corrected chi connectivity index (χ3v) is 7.45. The van der Waals surface area contributed by atoms with Crippen LogP contribution in [0.3, 0.4) is 0 Å². The minimum atomic E-state index is 0. The molecule has 6 heteroatoms. The fourth-order valence-corrected chi connectivity index (χ4v) is 6.33. The minimum absolute atomic E-state index is 0. The van der Waals surface area contributed by atoms with Crippen LogP contribution in [-0.2, 0) is 6.54 Å². The first-order valence-electron chi connectivity index (χ1n) is 9.92. The Labute approximate surface area is 192 Å².